The Labute approximate surface area is 150 Å². The van der Waals surface area contributed by atoms with E-state index in [9.17, 15) is 8.42 Å². The van der Waals surface area contributed by atoms with Crippen LogP contribution in [-0.4, -0.2) is 46.4 Å². The lowest BCUT2D eigenvalue weighted by atomic mass is 10.2. The third kappa shape index (κ3) is 6.09. The molecule has 8 heteroatoms. The second kappa shape index (κ2) is 10.0. The van der Waals surface area contributed by atoms with Crippen LogP contribution >= 0.6 is 24.0 Å². The Balaban J connectivity index is 0.00000441. The lowest BCUT2D eigenvalue weighted by molar-refractivity contribution is 0.520. The molecule has 0 saturated carbocycles. The van der Waals surface area contributed by atoms with Gasteiger partial charge < -0.3 is 10.6 Å². The molecule has 126 valence electrons. The summed E-state index contributed by atoms with van der Waals surface area (Å²) in [5.74, 6) is 0.738. The second-order valence-electron chi connectivity index (χ2n) is 4.78. The molecule has 0 amide bonds. The van der Waals surface area contributed by atoms with Gasteiger partial charge in [0.1, 0.15) is 0 Å². The smallest absolute Gasteiger partial charge is 0.242 e. The van der Waals surface area contributed by atoms with Gasteiger partial charge in [-0.1, -0.05) is 19.1 Å². The van der Waals surface area contributed by atoms with Crippen molar-refractivity contribution in [2.24, 2.45) is 4.99 Å². The fraction of sp³-hybridized carbons (Fsp3) is 0.500. The van der Waals surface area contributed by atoms with E-state index >= 15 is 0 Å². The molecule has 0 radical (unpaired) electrons. The monoisotopic (exact) mass is 440 g/mol. The van der Waals surface area contributed by atoms with Crippen molar-refractivity contribution in [1.29, 1.82) is 0 Å². The molecule has 6 nitrogen and oxygen atoms in total. The van der Waals surface area contributed by atoms with Gasteiger partial charge in [-0.2, -0.15) is 0 Å². The largest absolute Gasteiger partial charge is 0.356 e. The van der Waals surface area contributed by atoms with Crippen LogP contribution in [0.4, 0.5) is 0 Å². The number of guanidine groups is 1. The summed E-state index contributed by atoms with van der Waals surface area (Å²) in [6, 6.07) is 6.84. The van der Waals surface area contributed by atoms with Crippen molar-refractivity contribution in [1.82, 2.24) is 14.9 Å². The Bertz CT molecular complexity index is 571. The molecule has 0 aliphatic carbocycles. The van der Waals surface area contributed by atoms with Crippen molar-refractivity contribution in [3.05, 3.63) is 29.8 Å². The molecule has 0 aromatic heterocycles. The Morgan fingerprint density at radius 3 is 2.23 bits per heavy atom. The summed E-state index contributed by atoms with van der Waals surface area (Å²) in [4.78, 5) is 4.41. The summed E-state index contributed by atoms with van der Waals surface area (Å²) in [6.07, 6.45) is 1.03. The molecule has 0 atom stereocenters. The lowest BCUT2D eigenvalue weighted by Crippen LogP contribution is -2.37. The molecule has 0 unspecified atom stereocenters. The standard InChI is InChI=1S/C14H24N4O2S.HI/c1-5-10-16-14(15-2)17-11-12-6-8-13(9-7-12)21(19,20)18(3)4;/h6-9H,5,10-11H2,1-4H3,(H2,15,16,17);1H. The average Bonchev–Trinajstić information content (AvgIpc) is 2.47. The number of rotatable bonds is 6. The minimum Gasteiger partial charge on any atom is -0.356 e. The first kappa shape index (κ1) is 21.1. The summed E-state index contributed by atoms with van der Waals surface area (Å²) < 4.78 is 25.1. The highest BCUT2D eigenvalue weighted by atomic mass is 127. The molecular weight excluding hydrogens is 415 g/mol. The number of hydrogen-bond donors (Lipinski definition) is 2. The predicted molar refractivity (Wildman–Crippen MR) is 101 cm³/mol. The summed E-state index contributed by atoms with van der Waals surface area (Å²) >= 11 is 0. The number of aliphatic imine (C=N–C) groups is 1. The Kier molecular flexibility index (Phi) is 9.61. The fourth-order valence-electron chi connectivity index (χ4n) is 1.64. The number of hydrogen-bond acceptors (Lipinski definition) is 3. The molecule has 0 bridgehead atoms. The van der Waals surface area contributed by atoms with Gasteiger partial charge in [0.2, 0.25) is 10.0 Å². The quantitative estimate of drug-likeness (QED) is 0.401. The molecule has 0 spiro atoms. The minimum atomic E-state index is -3.36. The predicted octanol–water partition coefficient (Wildman–Crippen LogP) is 1.63. The van der Waals surface area contributed by atoms with Gasteiger partial charge in [-0.25, -0.2) is 12.7 Å². The molecule has 0 fully saturated rings. The van der Waals surface area contributed by atoms with Gasteiger partial charge in [-0.3, -0.25) is 4.99 Å². The zero-order valence-corrected chi connectivity index (χ0v) is 16.6. The van der Waals surface area contributed by atoms with E-state index < -0.39 is 10.0 Å². The number of nitrogens with zero attached hydrogens (tertiary/aromatic N) is 2. The minimum absolute atomic E-state index is 0. The van der Waals surface area contributed by atoms with E-state index in [-0.39, 0.29) is 24.0 Å². The Morgan fingerprint density at radius 1 is 1.18 bits per heavy atom. The maximum absolute atomic E-state index is 12.0. The molecule has 22 heavy (non-hydrogen) atoms. The molecule has 0 saturated heterocycles. The molecular formula is C14H25IN4O2S. The zero-order valence-electron chi connectivity index (χ0n) is 13.5. The molecule has 1 aromatic carbocycles. The van der Waals surface area contributed by atoms with E-state index in [2.05, 4.69) is 22.5 Å². The highest BCUT2D eigenvalue weighted by molar-refractivity contribution is 14.0. The Morgan fingerprint density at radius 2 is 1.77 bits per heavy atom. The van der Waals surface area contributed by atoms with Crippen LogP contribution in [0.25, 0.3) is 0 Å². The molecule has 1 rings (SSSR count). The zero-order chi connectivity index (χ0) is 15.9. The van der Waals surface area contributed by atoms with Crippen molar-refractivity contribution in [3.63, 3.8) is 0 Å². The SMILES string of the molecule is CCCNC(=NC)NCc1ccc(S(=O)(=O)N(C)C)cc1.I. The van der Waals surface area contributed by atoms with Gasteiger partial charge in [0.25, 0.3) is 0 Å². The van der Waals surface area contributed by atoms with Crippen molar-refractivity contribution >= 4 is 40.0 Å². The van der Waals surface area contributed by atoms with Crippen molar-refractivity contribution < 1.29 is 8.42 Å². The van der Waals surface area contributed by atoms with Crippen LogP contribution in [0, 0.1) is 0 Å². The number of sulfonamides is 1. The van der Waals surface area contributed by atoms with E-state index in [0.29, 0.717) is 11.4 Å². The van der Waals surface area contributed by atoms with Gasteiger partial charge in [-0.05, 0) is 24.1 Å². The Hall–Kier alpha value is -0.870. The third-order valence-electron chi connectivity index (χ3n) is 2.93. The van der Waals surface area contributed by atoms with E-state index in [4.69, 9.17) is 0 Å². The van der Waals surface area contributed by atoms with Crippen LogP contribution in [0.3, 0.4) is 0 Å². The third-order valence-corrected chi connectivity index (χ3v) is 4.76. The number of benzene rings is 1. The van der Waals surface area contributed by atoms with Gasteiger partial charge in [0.05, 0.1) is 4.90 Å². The summed E-state index contributed by atoms with van der Waals surface area (Å²) in [6.45, 7) is 3.54. The maximum atomic E-state index is 12.0. The molecule has 0 heterocycles. The first-order valence-corrected chi connectivity index (χ1v) is 8.31. The van der Waals surface area contributed by atoms with Crippen LogP contribution in [-0.2, 0) is 16.6 Å². The first-order valence-electron chi connectivity index (χ1n) is 6.87. The normalized spacial score (nSPS) is 12.0. The topological polar surface area (TPSA) is 73.8 Å². The molecule has 2 N–H and O–H groups in total. The van der Waals surface area contributed by atoms with E-state index in [1.165, 1.54) is 18.4 Å². The lowest BCUT2D eigenvalue weighted by Gasteiger charge is -2.13. The van der Waals surface area contributed by atoms with Gasteiger partial charge in [0.15, 0.2) is 5.96 Å². The van der Waals surface area contributed by atoms with Crippen molar-refractivity contribution in [2.45, 2.75) is 24.8 Å². The fourth-order valence-corrected chi connectivity index (χ4v) is 2.54. The van der Waals surface area contributed by atoms with Gasteiger partial charge >= 0.3 is 0 Å². The van der Waals surface area contributed by atoms with Gasteiger partial charge in [-0.15, -0.1) is 24.0 Å². The number of halogens is 1. The molecule has 0 aliphatic heterocycles. The summed E-state index contributed by atoms with van der Waals surface area (Å²) in [5.41, 5.74) is 0.993. The average molecular weight is 440 g/mol. The van der Waals surface area contributed by atoms with Crippen LogP contribution in [0.5, 0.6) is 0 Å². The summed E-state index contributed by atoms with van der Waals surface area (Å²) in [7, 11) is 1.40. The van der Waals surface area contributed by atoms with Crippen LogP contribution in [0.2, 0.25) is 0 Å². The molecule has 0 aliphatic rings. The van der Waals surface area contributed by atoms with Crippen LogP contribution < -0.4 is 10.6 Å². The first-order chi connectivity index (χ1) is 9.91. The highest BCUT2D eigenvalue weighted by Gasteiger charge is 2.16. The maximum Gasteiger partial charge on any atom is 0.242 e. The van der Waals surface area contributed by atoms with Gasteiger partial charge in [0, 0.05) is 34.2 Å². The summed E-state index contributed by atoms with van der Waals surface area (Å²) in [5, 5.41) is 6.36. The van der Waals surface area contributed by atoms with E-state index in [1.807, 2.05) is 0 Å². The van der Waals surface area contributed by atoms with Crippen molar-refractivity contribution in [2.75, 3.05) is 27.7 Å². The number of nitrogens with one attached hydrogen (secondary N) is 2. The van der Waals surface area contributed by atoms with E-state index in [0.717, 1.165) is 24.5 Å². The highest BCUT2D eigenvalue weighted by Crippen LogP contribution is 2.13. The van der Waals surface area contributed by atoms with Crippen molar-refractivity contribution in [3.8, 4) is 0 Å². The second-order valence-corrected chi connectivity index (χ2v) is 6.94. The van der Waals surface area contributed by atoms with Crippen LogP contribution in [0.15, 0.2) is 34.2 Å². The van der Waals surface area contributed by atoms with Crippen LogP contribution in [0.1, 0.15) is 18.9 Å². The van der Waals surface area contributed by atoms with E-state index in [1.54, 1.807) is 31.3 Å². The molecule has 1 aromatic rings.